The second-order valence-corrected chi connectivity index (χ2v) is 7.49. The molecule has 2 aromatic carbocycles. The van der Waals surface area contributed by atoms with Crippen molar-refractivity contribution in [1.82, 2.24) is 0 Å². The summed E-state index contributed by atoms with van der Waals surface area (Å²) in [6.45, 7) is 1.51. The molecule has 0 spiro atoms. The van der Waals surface area contributed by atoms with Crippen LogP contribution in [0.15, 0.2) is 48.5 Å². The van der Waals surface area contributed by atoms with E-state index < -0.39 is 5.97 Å². The molecule has 5 nitrogen and oxygen atoms in total. The Hall–Kier alpha value is -2.66. The highest BCUT2D eigenvalue weighted by molar-refractivity contribution is 5.79. The summed E-state index contributed by atoms with van der Waals surface area (Å²) in [5.41, 5.74) is 11.0. The van der Waals surface area contributed by atoms with Crippen LogP contribution >= 0.6 is 0 Å². The van der Waals surface area contributed by atoms with E-state index in [4.69, 9.17) is 20.4 Å². The zero-order valence-electron chi connectivity index (χ0n) is 16.1. The normalized spacial score (nSPS) is 20.4. The molecule has 2 aliphatic rings. The Bertz CT molecular complexity index is 791. The number of rotatable bonds is 3. The Balaban J connectivity index is 0.000000516. The van der Waals surface area contributed by atoms with E-state index in [-0.39, 0.29) is 23.8 Å². The largest absolute Gasteiger partial charge is 0.481 e. The molecule has 0 unspecified atom stereocenters. The Morgan fingerprint density at radius 3 is 1.93 bits per heavy atom. The molecule has 0 bridgehead atoms. The van der Waals surface area contributed by atoms with Crippen LogP contribution in [-0.4, -0.2) is 29.7 Å². The van der Waals surface area contributed by atoms with Crippen LogP contribution in [0.4, 0.5) is 0 Å². The first-order valence-corrected chi connectivity index (χ1v) is 9.77. The lowest BCUT2D eigenvalue weighted by molar-refractivity contribution is -0.150. The quantitative estimate of drug-likeness (QED) is 0.786. The maximum Gasteiger partial charge on any atom is 0.308 e. The zero-order valence-corrected chi connectivity index (χ0v) is 16.1. The number of hydrogen-bond acceptors (Lipinski definition) is 4. The Kier molecular flexibility index (Phi) is 6.47. The van der Waals surface area contributed by atoms with Crippen molar-refractivity contribution in [3.63, 3.8) is 0 Å². The van der Waals surface area contributed by atoms with Gasteiger partial charge in [0.2, 0.25) is 0 Å². The second kappa shape index (κ2) is 9.02. The van der Waals surface area contributed by atoms with E-state index in [0.717, 1.165) is 32.6 Å². The molecular formula is C23H27NO4. The summed E-state index contributed by atoms with van der Waals surface area (Å²) in [6.07, 6.45) is 3.57. The summed E-state index contributed by atoms with van der Waals surface area (Å²) >= 11 is 0. The lowest BCUT2D eigenvalue weighted by Crippen LogP contribution is -2.31. The number of ether oxygens (including phenoxy) is 1. The van der Waals surface area contributed by atoms with Crippen LogP contribution in [0.1, 0.15) is 49.7 Å². The molecule has 0 radical (unpaired) electrons. The van der Waals surface area contributed by atoms with Gasteiger partial charge in [0, 0.05) is 18.9 Å². The number of fused-ring (bicyclic) bond motifs is 3. The predicted molar refractivity (Wildman–Crippen MR) is 108 cm³/mol. The number of esters is 1. The van der Waals surface area contributed by atoms with Gasteiger partial charge in [-0.2, -0.15) is 0 Å². The van der Waals surface area contributed by atoms with Gasteiger partial charge in [-0.05, 0) is 47.9 Å². The van der Waals surface area contributed by atoms with E-state index in [2.05, 4.69) is 48.5 Å². The molecule has 0 heterocycles. The fraction of sp³-hybridized carbons (Fsp3) is 0.391. The number of carboxylic acids is 1. The van der Waals surface area contributed by atoms with E-state index in [1.165, 1.54) is 22.3 Å². The van der Waals surface area contributed by atoms with E-state index in [9.17, 15) is 4.79 Å². The van der Waals surface area contributed by atoms with Crippen LogP contribution in [0.5, 0.6) is 0 Å². The average Bonchev–Trinajstić information content (AvgIpc) is 3.00. The Morgan fingerprint density at radius 2 is 1.43 bits per heavy atom. The number of carbonyl (C=O) groups excluding carboxylic acids is 1. The number of benzene rings is 2. The van der Waals surface area contributed by atoms with E-state index in [1.807, 2.05) is 0 Å². The van der Waals surface area contributed by atoms with Crippen molar-refractivity contribution in [3.8, 4) is 11.1 Å². The Morgan fingerprint density at radius 1 is 0.964 bits per heavy atom. The smallest absolute Gasteiger partial charge is 0.308 e. The third kappa shape index (κ3) is 4.60. The molecule has 1 saturated carbocycles. The molecular weight excluding hydrogens is 354 g/mol. The van der Waals surface area contributed by atoms with Gasteiger partial charge in [0.15, 0.2) is 0 Å². The van der Waals surface area contributed by atoms with Crippen LogP contribution in [0.2, 0.25) is 0 Å². The minimum atomic E-state index is -0.833. The molecule has 5 heteroatoms. The monoisotopic (exact) mass is 381 g/mol. The predicted octanol–water partition coefficient (Wildman–Crippen LogP) is 3.95. The van der Waals surface area contributed by atoms with Gasteiger partial charge in [-0.1, -0.05) is 48.5 Å². The fourth-order valence-corrected chi connectivity index (χ4v) is 4.08. The Labute approximate surface area is 165 Å². The highest BCUT2D eigenvalue weighted by Crippen LogP contribution is 2.44. The zero-order chi connectivity index (χ0) is 20.1. The van der Waals surface area contributed by atoms with E-state index in [0.29, 0.717) is 6.61 Å². The lowest BCUT2D eigenvalue weighted by atomic mass is 9.86. The third-order valence-corrected chi connectivity index (χ3v) is 5.46. The van der Waals surface area contributed by atoms with Crippen molar-refractivity contribution >= 4 is 11.9 Å². The maximum atomic E-state index is 12.4. The van der Waals surface area contributed by atoms with Gasteiger partial charge in [-0.25, -0.2) is 0 Å². The first kappa shape index (κ1) is 20.1. The van der Waals surface area contributed by atoms with Crippen molar-refractivity contribution in [2.45, 2.75) is 44.6 Å². The summed E-state index contributed by atoms with van der Waals surface area (Å²) in [6, 6.07) is 17.1. The molecule has 1 fully saturated rings. The molecule has 2 aromatic rings. The van der Waals surface area contributed by atoms with Crippen molar-refractivity contribution in [2.75, 3.05) is 6.61 Å². The molecule has 148 valence electrons. The molecule has 28 heavy (non-hydrogen) atoms. The minimum absolute atomic E-state index is 0.0247. The first-order chi connectivity index (χ1) is 13.5. The molecule has 0 aliphatic heterocycles. The standard InChI is InChI=1S/C21H23NO2.C2H4O2/c22-15-11-9-14(10-12-15)21(23)24-13-20-18-7-3-1-5-16(18)17-6-2-4-8-19(17)20;1-2(3)4/h1-8,14-15,20H,9-13,22H2;1H3,(H,3,4). The molecule has 0 saturated heterocycles. The molecule has 3 N–H and O–H groups in total. The van der Waals surface area contributed by atoms with Gasteiger partial charge < -0.3 is 15.6 Å². The fourth-order valence-electron chi connectivity index (χ4n) is 4.08. The van der Waals surface area contributed by atoms with Crippen LogP contribution in [0.25, 0.3) is 11.1 Å². The number of carbonyl (C=O) groups is 2. The number of carboxylic acid groups (broad SMARTS) is 1. The number of nitrogens with two attached hydrogens (primary N) is 1. The van der Waals surface area contributed by atoms with Crippen molar-refractivity contribution in [3.05, 3.63) is 59.7 Å². The van der Waals surface area contributed by atoms with Gasteiger partial charge >= 0.3 is 5.97 Å². The van der Waals surface area contributed by atoms with Crippen LogP contribution in [0, 0.1) is 5.92 Å². The van der Waals surface area contributed by atoms with E-state index in [1.54, 1.807) is 0 Å². The average molecular weight is 381 g/mol. The molecule has 2 aliphatic carbocycles. The summed E-state index contributed by atoms with van der Waals surface area (Å²) < 4.78 is 5.73. The molecule has 0 atom stereocenters. The number of hydrogen-bond donors (Lipinski definition) is 2. The topological polar surface area (TPSA) is 89.6 Å². The van der Waals surface area contributed by atoms with Crippen LogP contribution in [-0.2, 0) is 14.3 Å². The highest BCUT2D eigenvalue weighted by atomic mass is 16.5. The molecule has 4 rings (SSSR count). The van der Waals surface area contributed by atoms with Crippen molar-refractivity contribution in [2.24, 2.45) is 11.7 Å². The first-order valence-electron chi connectivity index (χ1n) is 9.77. The molecule has 0 amide bonds. The summed E-state index contributed by atoms with van der Waals surface area (Å²) in [5.74, 6) is -0.715. The summed E-state index contributed by atoms with van der Waals surface area (Å²) in [5, 5.41) is 7.42. The minimum Gasteiger partial charge on any atom is -0.481 e. The SMILES string of the molecule is CC(=O)O.NC1CCC(C(=O)OCC2c3ccccc3-c3ccccc32)CC1. The van der Waals surface area contributed by atoms with Gasteiger partial charge in [0.25, 0.3) is 5.97 Å². The van der Waals surface area contributed by atoms with Gasteiger partial charge in [-0.3, -0.25) is 9.59 Å². The molecule has 0 aromatic heterocycles. The maximum absolute atomic E-state index is 12.4. The van der Waals surface area contributed by atoms with E-state index >= 15 is 0 Å². The highest BCUT2D eigenvalue weighted by Gasteiger charge is 2.31. The van der Waals surface area contributed by atoms with Gasteiger partial charge in [0.1, 0.15) is 6.61 Å². The van der Waals surface area contributed by atoms with Gasteiger partial charge in [-0.15, -0.1) is 0 Å². The van der Waals surface area contributed by atoms with Crippen molar-refractivity contribution in [1.29, 1.82) is 0 Å². The third-order valence-electron chi connectivity index (χ3n) is 5.46. The second-order valence-electron chi connectivity index (χ2n) is 7.49. The van der Waals surface area contributed by atoms with Crippen molar-refractivity contribution < 1.29 is 19.4 Å². The lowest BCUT2D eigenvalue weighted by Gasteiger charge is -2.25. The van der Waals surface area contributed by atoms with Crippen LogP contribution < -0.4 is 5.73 Å². The van der Waals surface area contributed by atoms with Crippen LogP contribution in [0.3, 0.4) is 0 Å². The summed E-state index contributed by atoms with van der Waals surface area (Å²) in [4.78, 5) is 21.4. The summed E-state index contributed by atoms with van der Waals surface area (Å²) in [7, 11) is 0. The number of aliphatic carboxylic acids is 1. The van der Waals surface area contributed by atoms with Gasteiger partial charge in [0.05, 0.1) is 5.92 Å².